The Hall–Kier alpha value is -0.590. The van der Waals surface area contributed by atoms with Gasteiger partial charge in [-0.15, -0.1) is 0 Å². The molecule has 98 valence electrons. The number of nitrogens with zero attached hydrogens (tertiary/aromatic N) is 2. The van der Waals surface area contributed by atoms with E-state index in [2.05, 4.69) is 37.1 Å². The minimum atomic E-state index is -0.401. The van der Waals surface area contributed by atoms with Crippen LogP contribution < -0.4 is 5.32 Å². The fraction of sp³-hybridized carbons (Fsp3) is 0.929. The van der Waals surface area contributed by atoms with Gasteiger partial charge in [-0.25, -0.2) is 0 Å². The van der Waals surface area contributed by atoms with Crippen LogP contribution in [0.5, 0.6) is 0 Å². The van der Waals surface area contributed by atoms with Crippen molar-refractivity contribution in [2.75, 3.05) is 13.1 Å². The number of hydrogen-bond donors (Lipinski definition) is 1. The lowest BCUT2D eigenvalue weighted by Gasteiger charge is -2.35. The zero-order valence-corrected chi connectivity index (χ0v) is 11.8. The molecule has 1 heterocycles. The van der Waals surface area contributed by atoms with Gasteiger partial charge in [0.2, 0.25) is 0 Å². The van der Waals surface area contributed by atoms with Gasteiger partial charge in [-0.3, -0.25) is 10.2 Å². The largest absolute Gasteiger partial charge is 0.299 e. The van der Waals surface area contributed by atoms with E-state index in [0.29, 0.717) is 12.1 Å². The van der Waals surface area contributed by atoms with Crippen LogP contribution in [0.4, 0.5) is 0 Å². The third kappa shape index (κ3) is 3.69. The maximum Gasteiger partial charge on any atom is 0.116 e. The summed E-state index contributed by atoms with van der Waals surface area (Å²) >= 11 is 0. The molecule has 0 amide bonds. The Bertz CT molecular complexity index is 271. The van der Waals surface area contributed by atoms with Crippen LogP contribution in [0.3, 0.4) is 0 Å². The maximum atomic E-state index is 9.38. The molecule has 0 saturated carbocycles. The first-order valence-electron chi connectivity index (χ1n) is 6.98. The Morgan fingerprint density at radius 1 is 1.41 bits per heavy atom. The predicted octanol–water partition coefficient (Wildman–Crippen LogP) is 2.53. The molecule has 0 aromatic heterocycles. The van der Waals surface area contributed by atoms with E-state index in [9.17, 15) is 5.26 Å². The monoisotopic (exact) mass is 237 g/mol. The van der Waals surface area contributed by atoms with Crippen LogP contribution in [0, 0.1) is 11.3 Å². The number of nitrogens with one attached hydrogen (secondary N) is 1. The van der Waals surface area contributed by atoms with E-state index in [4.69, 9.17) is 0 Å². The summed E-state index contributed by atoms with van der Waals surface area (Å²) in [7, 11) is 0. The smallest absolute Gasteiger partial charge is 0.116 e. The number of hydrogen-bond acceptors (Lipinski definition) is 3. The second-order valence-electron chi connectivity index (χ2n) is 5.53. The van der Waals surface area contributed by atoms with Crippen LogP contribution in [0.15, 0.2) is 0 Å². The van der Waals surface area contributed by atoms with E-state index in [1.807, 2.05) is 6.92 Å². The lowest BCUT2D eigenvalue weighted by atomic mass is 10.0. The Kier molecular flexibility index (Phi) is 5.42. The van der Waals surface area contributed by atoms with Gasteiger partial charge in [0.25, 0.3) is 0 Å². The molecule has 0 spiro atoms. The standard InChI is InChI=1S/C14H27N3/c1-5-9-16-14(4,10-15)11-17-12(3)7-8-13(17)6-2/h12-13,16H,5-9,11H2,1-4H3. The zero-order chi connectivity index (χ0) is 12.9. The average Bonchev–Trinajstić information content (AvgIpc) is 2.68. The molecule has 0 aromatic rings. The summed E-state index contributed by atoms with van der Waals surface area (Å²) in [6.07, 6.45) is 4.82. The van der Waals surface area contributed by atoms with E-state index in [0.717, 1.165) is 19.5 Å². The average molecular weight is 237 g/mol. The van der Waals surface area contributed by atoms with E-state index < -0.39 is 5.54 Å². The van der Waals surface area contributed by atoms with Crippen molar-refractivity contribution < 1.29 is 0 Å². The highest BCUT2D eigenvalue weighted by atomic mass is 15.2. The van der Waals surface area contributed by atoms with Gasteiger partial charge in [-0.05, 0) is 46.1 Å². The van der Waals surface area contributed by atoms with Gasteiger partial charge in [0.15, 0.2) is 0 Å². The summed E-state index contributed by atoms with van der Waals surface area (Å²) in [6.45, 7) is 10.5. The first-order chi connectivity index (χ1) is 8.06. The Labute approximate surface area is 106 Å². The summed E-state index contributed by atoms with van der Waals surface area (Å²) < 4.78 is 0. The molecule has 3 atom stereocenters. The number of rotatable bonds is 6. The third-order valence-corrected chi connectivity index (χ3v) is 3.93. The molecule has 1 aliphatic rings. The molecule has 3 heteroatoms. The van der Waals surface area contributed by atoms with Crippen molar-refractivity contribution in [2.24, 2.45) is 0 Å². The van der Waals surface area contributed by atoms with E-state index in [1.165, 1.54) is 19.3 Å². The third-order valence-electron chi connectivity index (χ3n) is 3.93. The van der Waals surface area contributed by atoms with Crippen LogP contribution in [0.2, 0.25) is 0 Å². The maximum absolute atomic E-state index is 9.38. The predicted molar refractivity (Wildman–Crippen MR) is 71.8 cm³/mol. The molecule has 0 radical (unpaired) electrons. The van der Waals surface area contributed by atoms with Crippen molar-refractivity contribution in [2.45, 2.75) is 71.0 Å². The van der Waals surface area contributed by atoms with Gasteiger partial charge in [0.1, 0.15) is 5.54 Å². The van der Waals surface area contributed by atoms with Crippen LogP contribution in [-0.4, -0.2) is 35.6 Å². The summed E-state index contributed by atoms with van der Waals surface area (Å²) in [5.74, 6) is 0. The van der Waals surface area contributed by atoms with Crippen LogP contribution in [-0.2, 0) is 0 Å². The van der Waals surface area contributed by atoms with E-state index in [1.54, 1.807) is 0 Å². The van der Waals surface area contributed by atoms with Crippen molar-refractivity contribution in [3.8, 4) is 6.07 Å². The van der Waals surface area contributed by atoms with Crippen LogP contribution in [0.25, 0.3) is 0 Å². The van der Waals surface area contributed by atoms with Gasteiger partial charge in [0.05, 0.1) is 6.07 Å². The van der Waals surface area contributed by atoms with Crippen LogP contribution in [0.1, 0.15) is 53.4 Å². The molecule has 3 nitrogen and oxygen atoms in total. The Morgan fingerprint density at radius 3 is 2.65 bits per heavy atom. The van der Waals surface area contributed by atoms with Gasteiger partial charge in [-0.1, -0.05) is 13.8 Å². The molecule has 0 aliphatic carbocycles. The molecule has 1 aliphatic heterocycles. The second kappa shape index (κ2) is 6.37. The minimum Gasteiger partial charge on any atom is -0.299 e. The fourth-order valence-corrected chi connectivity index (χ4v) is 2.75. The van der Waals surface area contributed by atoms with E-state index >= 15 is 0 Å². The highest BCUT2D eigenvalue weighted by Crippen LogP contribution is 2.27. The normalized spacial score (nSPS) is 28.9. The first kappa shape index (κ1) is 14.5. The molecule has 1 saturated heterocycles. The Morgan fingerprint density at radius 2 is 2.12 bits per heavy atom. The lowest BCUT2D eigenvalue weighted by Crippen LogP contribution is -2.53. The van der Waals surface area contributed by atoms with Crippen molar-refractivity contribution in [1.29, 1.82) is 5.26 Å². The van der Waals surface area contributed by atoms with Gasteiger partial charge in [-0.2, -0.15) is 5.26 Å². The molecule has 1 rings (SSSR count). The highest BCUT2D eigenvalue weighted by molar-refractivity contribution is 5.07. The summed E-state index contributed by atoms with van der Waals surface area (Å²) in [5, 5.41) is 12.8. The first-order valence-corrected chi connectivity index (χ1v) is 6.98. The fourth-order valence-electron chi connectivity index (χ4n) is 2.75. The van der Waals surface area contributed by atoms with Crippen molar-refractivity contribution in [3.63, 3.8) is 0 Å². The topological polar surface area (TPSA) is 39.1 Å². The highest BCUT2D eigenvalue weighted by Gasteiger charge is 2.35. The number of likely N-dealkylation sites (tertiary alicyclic amines) is 1. The molecule has 1 N–H and O–H groups in total. The molecule has 1 fully saturated rings. The summed E-state index contributed by atoms with van der Waals surface area (Å²) in [5.41, 5.74) is -0.401. The van der Waals surface area contributed by atoms with Crippen molar-refractivity contribution in [1.82, 2.24) is 10.2 Å². The summed E-state index contributed by atoms with van der Waals surface area (Å²) in [6, 6.07) is 3.74. The second-order valence-corrected chi connectivity index (χ2v) is 5.53. The minimum absolute atomic E-state index is 0.401. The summed E-state index contributed by atoms with van der Waals surface area (Å²) in [4.78, 5) is 2.52. The van der Waals surface area contributed by atoms with Crippen molar-refractivity contribution in [3.05, 3.63) is 0 Å². The molecular formula is C14H27N3. The molecular weight excluding hydrogens is 210 g/mol. The molecule has 0 bridgehead atoms. The van der Waals surface area contributed by atoms with Crippen LogP contribution >= 0.6 is 0 Å². The SMILES string of the molecule is CCCNC(C)(C#N)CN1C(C)CCC1CC. The van der Waals surface area contributed by atoms with Crippen molar-refractivity contribution >= 4 is 0 Å². The lowest BCUT2D eigenvalue weighted by molar-refractivity contribution is 0.161. The Balaban J connectivity index is 2.63. The molecule has 17 heavy (non-hydrogen) atoms. The van der Waals surface area contributed by atoms with Gasteiger partial charge < -0.3 is 0 Å². The molecule has 3 unspecified atom stereocenters. The zero-order valence-electron chi connectivity index (χ0n) is 11.8. The quantitative estimate of drug-likeness (QED) is 0.771. The van der Waals surface area contributed by atoms with Gasteiger partial charge >= 0.3 is 0 Å². The van der Waals surface area contributed by atoms with Gasteiger partial charge in [0, 0.05) is 18.6 Å². The number of nitriles is 1. The van der Waals surface area contributed by atoms with E-state index in [-0.39, 0.29) is 0 Å². The molecule has 0 aromatic carbocycles.